The number of phenolic OH excluding ortho intramolecular Hbond substituents is 1. The molecule has 7 heteroatoms. The molecular weight excluding hydrogens is 584 g/mol. The van der Waals surface area contributed by atoms with Crippen molar-refractivity contribution < 1.29 is 14.6 Å². The van der Waals surface area contributed by atoms with Gasteiger partial charge in [-0.2, -0.15) is 0 Å². The van der Waals surface area contributed by atoms with Crippen LogP contribution in [-0.4, -0.2) is 39.3 Å². The number of hydrogen-bond donors (Lipinski definition) is 3. The van der Waals surface area contributed by atoms with E-state index in [2.05, 4.69) is 52.4 Å². The summed E-state index contributed by atoms with van der Waals surface area (Å²) in [5.74, 6) is 1.73. The molecule has 3 aromatic heterocycles. The highest BCUT2D eigenvalue weighted by Crippen LogP contribution is 2.37. The third kappa shape index (κ3) is 5.23. The van der Waals surface area contributed by atoms with Gasteiger partial charge in [0.05, 0.1) is 37.0 Å². The Kier molecular flexibility index (Phi) is 6.91. The summed E-state index contributed by atoms with van der Waals surface area (Å²) < 4.78 is 11.2. The first kappa shape index (κ1) is 28.2. The molecule has 0 atom stereocenters. The quantitative estimate of drug-likeness (QED) is 0.180. The van der Waals surface area contributed by atoms with Gasteiger partial charge in [-0.05, 0) is 108 Å². The molecule has 0 aliphatic carbocycles. The normalized spacial score (nSPS) is 12.0. The van der Waals surface area contributed by atoms with E-state index in [-0.39, 0.29) is 5.75 Å². The van der Waals surface area contributed by atoms with Crippen molar-refractivity contribution in [3.63, 3.8) is 0 Å². The first-order valence-corrected chi connectivity index (χ1v) is 15.3. The molecule has 6 aromatic rings. The number of aromatic amines is 2. The van der Waals surface area contributed by atoms with Crippen LogP contribution in [0.4, 0.5) is 0 Å². The average molecular weight is 615 g/mol. The van der Waals surface area contributed by atoms with E-state index in [1.54, 1.807) is 26.4 Å². The van der Waals surface area contributed by atoms with Gasteiger partial charge in [-0.3, -0.25) is 0 Å². The van der Waals surface area contributed by atoms with Crippen LogP contribution in [0.1, 0.15) is 22.8 Å². The molecule has 2 aliphatic rings. The molecular formula is C40H30N4O3. The lowest BCUT2D eigenvalue weighted by atomic mass is 10.0. The van der Waals surface area contributed by atoms with Crippen molar-refractivity contribution in [3.05, 3.63) is 126 Å². The van der Waals surface area contributed by atoms with Crippen molar-refractivity contribution in [2.45, 2.75) is 0 Å². The van der Waals surface area contributed by atoms with Gasteiger partial charge in [-0.15, -0.1) is 0 Å². The maximum Gasteiger partial charge on any atom is 0.119 e. The summed E-state index contributed by atoms with van der Waals surface area (Å²) in [6, 6.07) is 33.6. The first-order chi connectivity index (χ1) is 23.1. The number of nitrogens with zero attached hydrogens (tertiary/aromatic N) is 2. The molecule has 3 N–H and O–H groups in total. The minimum absolute atomic E-state index is 0.200. The van der Waals surface area contributed by atoms with Crippen LogP contribution in [0, 0.1) is 0 Å². The molecule has 0 saturated heterocycles. The Bertz CT molecular complexity index is 2350. The number of fused-ring (bicyclic) bond motifs is 8. The topological polar surface area (TPSA) is 96.1 Å². The summed E-state index contributed by atoms with van der Waals surface area (Å²) in [4.78, 5) is 17.6. The highest BCUT2D eigenvalue weighted by Gasteiger charge is 2.17. The SMILES string of the molecule is COc1cccc(-c2c3nc(c(-c4ccc(O)cc4)c4ccc([nH]4)c(-c4cccc(OC)c4)c4nc(cc5ccc2[nH]5)C=C4)C=C3)c1. The molecule has 2 aliphatic heterocycles. The fourth-order valence-electron chi connectivity index (χ4n) is 6.24. The summed E-state index contributed by atoms with van der Waals surface area (Å²) in [6.45, 7) is 0. The zero-order valence-electron chi connectivity index (χ0n) is 25.8. The summed E-state index contributed by atoms with van der Waals surface area (Å²) in [6.07, 6.45) is 8.17. The number of aromatic nitrogens is 4. The predicted octanol–water partition coefficient (Wildman–Crippen LogP) is 9.38. The molecule has 8 bridgehead atoms. The van der Waals surface area contributed by atoms with Gasteiger partial charge in [0.15, 0.2) is 0 Å². The lowest BCUT2D eigenvalue weighted by molar-refractivity contribution is 0.415. The summed E-state index contributed by atoms with van der Waals surface area (Å²) >= 11 is 0. The van der Waals surface area contributed by atoms with E-state index in [1.165, 1.54) is 0 Å². The van der Waals surface area contributed by atoms with Crippen LogP contribution in [0.15, 0.2) is 103 Å². The van der Waals surface area contributed by atoms with Crippen LogP contribution in [0.25, 0.3) is 79.8 Å². The Balaban J connectivity index is 1.52. The molecule has 7 nitrogen and oxygen atoms in total. The maximum absolute atomic E-state index is 10.1. The van der Waals surface area contributed by atoms with Crippen LogP contribution in [0.2, 0.25) is 0 Å². The number of phenols is 1. The van der Waals surface area contributed by atoms with Crippen molar-refractivity contribution in [2.24, 2.45) is 0 Å². The summed E-state index contributed by atoms with van der Waals surface area (Å²) in [5, 5.41) is 10.1. The van der Waals surface area contributed by atoms with E-state index in [0.717, 1.165) is 89.7 Å². The molecule has 0 fully saturated rings. The third-order valence-electron chi connectivity index (χ3n) is 8.45. The number of rotatable bonds is 5. The second kappa shape index (κ2) is 11.5. The van der Waals surface area contributed by atoms with Gasteiger partial charge < -0.3 is 24.5 Å². The van der Waals surface area contributed by atoms with Crippen LogP contribution in [0.3, 0.4) is 0 Å². The van der Waals surface area contributed by atoms with Crippen molar-refractivity contribution in [2.75, 3.05) is 14.2 Å². The van der Waals surface area contributed by atoms with Crippen LogP contribution >= 0.6 is 0 Å². The first-order valence-electron chi connectivity index (χ1n) is 15.3. The molecule has 3 aromatic carbocycles. The number of nitrogens with one attached hydrogen (secondary N) is 2. The molecule has 0 saturated carbocycles. The van der Waals surface area contributed by atoms with E-state index in [4.69, 9.17) is 19.4 Å². The van der Waals surface area contributed by atoms with Gasteiger partial charge >= 0.3 is 0 Å². The fourth-order valence-corrected chi connectivity index (χ4v) is 6.24. The van der Waals surface area contributed by atoms with Gasteiger partial charge in [-0.1, -0.05) is 36.4 Å². The fraction of sp³-hybridized carbons (Fsp3) is 0.0500. The summed E-state index contributed by atoms with van der Waals surface area (Å²) in [7, 11) is 3.34. The Labute approximate surface area is 271 Å². The molecule has 0 unspecified atom stereocenters. The van der Waals surface area contributed by atoms with Crippen LogP contribution in [-0.2, 0) is 0 Å². The minimum Gasteiger partial charge on any atom is -0.508 e. The van der Waals surface area contributed by atoms with E-state index in [9.17, 15) is 5.11 Å². The summed E-state index contributed by atoms with van der Waals surface area (Å²) in [5.41, 5.74) is 12.6. The van der Waals surface area contributed by atoms with E-state index in [0.29, 0.717) is 0 Å². The third-order valence-corrected chi connectivity index (χ3v) is 8.45. The molecule has 228 valence electrons. The van der Waals surface area contributed by atoms with Crippen LogP contribution in [0.5, 0.6) is 17.2 Å². The number of ether oxygens (including phenoxy) is 2. The van der Waals surface area contributed by atoms with Crippen molar-refractivity contribution >= 4 is 46.4 Å². The van der Waals surface area contributed by atoms with Crippen molar-refractivity contribution in [1.82, 2.24) is 19.9 Å². The second-order valence-electron chi connectivity index (χ2n) is 11.4. The number of benzene rings is 3. The molecule has 0 spiro atoms. The number of aromatic hydroxyl groups is 1. The molecule has 0 amide bonds. The number of hydrogen-bond acceptors (Lipinski definition) is 5. The molecule has 8 rings (SSSR count). The Hall–Kier alpha value is -6.34. The minimum atomic E-state index is 0.200. The second-order valence-corrected chi connectivity index (χ2v) is 11.4. The van der Waals surface area contributed by atoms with Gasteiger partial charge in [0, 0.05) is 38.8 Å². The van der Waals surface area contributed by atoms with Gasteiger partial charge in [0.1, 0.15) is 17.2 Å². The monoisotopic (exact) mass is 614 g/mol. The largest absolute Gasteiger partial charge is 0.508 e. The highest BCUT2D eigenvalue weighted by molar-refractivity contribution is 5.97. The lowest BCUT2D eigenvalue weighted by Crippen LogP contribution is -1.89. The van der Waals surface area contributed by atoms with E-state index in [1.807, 2.05) is 72.8 Å². The lowest BCUT2D eigenvalue weighted by Gasteiger charge is -2.07. The average Bonchev–Trinajstić information content (AvgIpc) is 3.93. The Morgan fingerprint density at radius 3 is 1.66 bits per heavy atom. The van der Waals surface area contributed by atoms with Crippen molar-refractivity contribution in [3.8, 4) is 50.6 Å². The maximum atomic E-state index is 10.1. The zero-order valence-corrected chi connectivity index (χ0v) is 25.8. The highest BCUT2D eigenvalue weighted by atomic mass is 16.5. The smallest absolute Gasteiger partial charge is 0.119 e. The van der Waals surface area contributed by atoms with Gasteiger partial charge in [0.2, 0.25) is 0 Å². The molecule has 47 heavy (non-hydrogen) atoms. The number of methoxy groups -OCH3 is 2. The predicted molar refractivity (Wildman–Crippen MR) is 190 cm³/mol. The van der Waals surface area contributed by atoms with Crippen LogP contribution < -0.4 is 9.47 Å². The Morgan fingerprint density at radius 2 is 1.04 bits per heavy atom. The standard InChI is InChI=1S/C40H30N4O3/c1-46-30-7-3-5-25(21-30)39-32-15-11-27(41-32)23-28-12-16-33(42-28)40(26-6-4-8-31(22-26)47-2)37-20-18-35(44-37)38(34-17-19-36(39)43-34)24-9-13-29(45)14-10-24/h3-23,41,44-45H,1-2H3. The zero-order chi connectivity index (χ0) is 31.9. The van der Waals surface area contributed by atoms with Gasteiger partial charge in [0.25, 0.3) is 0 Å². The Morgan fingerprint density at radius 1 is 0.511 bits per heavy atom. The molecule has 5 heterocycles. The van der Waals surface area contributed by atoms with E-state index >= 15 is 0 Å². The van der Waals surface area contributed by atoms with E-state index < -0.39 is 0 Å². The van der Waals surface area contributed by atoms with Crippen molar-refractivity contribution in [1.29, 1.82) is 0 Å². The molecule has 0 radical (unpaired) electrons. The van der Waals surface area contributed by atoms with Gasteiger partial charge in [-0.25, -0.2) is 9.97 Å². The number of H-pyrrole nitrogens is 2.